The first-order chi connectivity index (χ1) is 16.8. The summed E-state index contributed by atoms with van der Waals surface area (Å²) < 4.78 is 13.1. The van der Waals surface area contributed by atoms with E-state index in [9.17, 15) is 19.8 Å². The molecule has 192 valence electrons. The van der Waals surface area contributed by atoms with Crippen molar-refractivity contribution in [3.63, 3.8) is 0 Å². The van der Waals surface area contributed by atoms with Crippen LogP contribution in [-0.2, 0) is 24.7 Å². The van der Waals surface area contributed by atoms with Gasteiger partial charge in [0.25, 0.3) is 0 Å². The van der Waals surface area contributed by atoms with Gasteiger partial charge < -0.3 is 25.0 Å². The second-order valence-corrected chi connectivity index (χ2v) is 9.87. The highest BCUT2D eigenvalue weighted by atomic mass is 16.6. The first-order valence-electron chi connectivity index (χ1n) is 12.7. The van der Waals surface area contributed by atoms with E-state index in [2.05, 4.69) is 15.4 Å². The fourth-order valence-electron chi connectivity index (χ4n) is 5.13. The lowest BCUT2D eigenvalue weighted by molar-refractivity contribution is -0.153. The topological polar surface area (TPSA) is 135 Å². The fraction of sp³-hybridized carbons (Fsp3) is 0.680. The predicted molar refractivity (Wildman–Crippen MR) is 128 cm³/mol. The van der Waals surface area contributed by atoms with E-state index in [0.29, 0.717) is 35.8 Å². The van der Waals surface area contributed by atoms with Gasteiger partial charge in [0.1, 0.15) is 42.4 Å². The van der Waals surface area contributed by atoms with Gasteiger partial charge in [0.2, 0.25) is 5.91 Å². The maximum Gasteiger partial charge on any atom is 0.306 e. The molecule has 4 atom stereocenters. The van der Waals surface area contributed by atoms with Crippen molar-refractivity contribution in [1.29, 1.82) is 0 Å². The minimum Gasteiger partial charge on any atom is -0.463 e. The van der Waals surface area contributed by atoms with Crippen LogP contribution in [0.15, 0.2) is 18.5 Å². The number of amides is 1. The van der Waals surface area contributed by atoms with Gasteiger partial charge in [0.15, 0.2) is 5.82 Å². The highest BCUT2D eigenvalue weighted by Gasteiger charge is 2.54. The van der Waals surface area contributed by atoms with Crippen LogP contribution in [0.25, 0.3) is 5.52 Å². The van der Waals surface area contributed by atoms with Crippen LogP contribution < -0.4 is 5.32 Å². The highest BCUT2D eigenvalue weighted by Crippen LogP contribution is 2.40. The molecule has 3 N–H and O–H groups in total. The molecule has 1 amide bonds. The summed E-state index contributed by atoms with van der Waals surface area (Å²) in [4.78, 5) is 28.7. The van der Waals surface area contributed by atoms with E-state index in [4.69, 9.17) is 9.47 Å². The summed E-state index contributed by atoms with van der Waals surface area (Å²) in [5, 5.41) is 28.7. The van der Waals surface area contributed by atoms with Gasteiger partial charge in [-0.25, -0.2) is 9.50 Å². The van der Waals surface area contributed by atoms with Gasteiger partial charge in [-0.05, 0) is 44.2 Å². The lowest BCUT2D eigenvalue weighted by Gasteiger charge is -2.27. The molecule has 2 aromatic rings. The molecule has 1 aliphatic carbocycles. The number of nitrogens with zero attached hydrogens (tertiary/aromatic N) is 3. The van der Waals surface area contributed by atoms with Crippen molar-refractivity contribution in [3.8, 4) is 0 Å². The highest BCUT2D eigenvalue weighted by molar-refractivity contribution is 5.93. The molecule has 0 bridgehead atoms. The molecule has 10 heteroatoms. The number of hydrogen-bond donors (Lipinski definition) is 3. The number of esters is 1. The van der Waals surface area contributed by atoms with Crippen molar-refractivity contribution >= 4 is 23.2 Å². The second-order valence-electron chi connectivity index (χ2n) is 9.87. The van der Waals surface area contributed by atoms with E-state index in [1.165, 1.54) is 17.3 Å². The predicted octanol–water partition coefficient (Wildman–Crippen LogP) is 2.71. The molecule has 35 heavy (non-hydrogen) atoms. The SMILES string of the molecule is CCCCC(=O)Nc1ncnn2c([C@]3(C)O[C@H](COC(=O)CC4CCCCC4)[C@@H](O)[C@H]3O)ccc12. The van der Waals surface area contributed by atoms with Gasteiger partial charge in [0.05, 0.1) is 5.69 Å². The Labute approximate surface area is 205 Å². The number of fused-ring (bicyclic) bond motifs is 1. The number of rotatable bonds is 9. The molecule has 1 aliphatic heterocycles. The minimum absolute atomic E-state index is 0.135. The average Bonchev–Trinajstić information content (AvgIpc) is 3.39. The Morgan fingerprint density at radius 3 is 2.77 bits per heavy atom. The van der Waals surface area contributed by atoms with Gasteiger partial charge >= 0.3 is 5.97 Å². The average molecular weight is 489 g/mol. The van der Waals surface area contributed by atoms with Crippen LogP contribution in [0.1, 0.15) is 77.3 Å². The van der Waals surface area contributed by atoms with Gasteiger partial charge in [-0.3, -0.25) is 9.59 Å². The molecule has 4 rings (SSSR count). The number of aliphatic hydroxyl groups excluding tert-OH is 2. The molecule has 1 saturated carbocycles. The second kappa shape index (κ2) is 11.0. The van der Waals surface area contributed by atoms with Crippen molar-refractivity contribution in [2.45, 2.75) is 95.5 Å². The molecular weight excluding hydrogens is 452 g/mol. The summed E-state index contributed by atoms with van der Waals surface area (Å²) in [6, 6.07) is 3.45. The molecule has 1 saturated heterocycles. The molecule has 0 aromatic carbocycles. The number of unbranched alkanes of at least 4 members (excludes halogenated alkanes) is 1. The van der Waals surface area contributed by atoms with Crippen LogP contribution >= 0.6 is 0 Å². The molecule has 0 unspecified atom stereocenters. The van der Waals surface area contributed by atoms with Gasteiger partial charge in [-0.1, -0.05) is 32.6 Å². The summed E-state index contributed by atoms with van der Waals surface area (Å²) in [6.07, 6.45) is 5.96. The van der Waals surface area contributed by atoms with E-state index in [-0.39, 0.29) is 18.5 Å². The van der Waals surface area contributed by atoms with Crippen molar-refractivity contribution in [3.05, 3.63) is 24.2 Å². The third-order valence-electron chi connectivity index (χ3n) is 7.23. The smallest absolute Gasteiger partial charge is 0.306 e. The van der Waals surface area contributed by atoms with Crippen LogP contribution in [0, 0.1) is 5.92 Å². The molecular formula is C25H36N4O6. The van der Waals surface area contributed by atoms with Crippen molar-refractivity contribution in [2.24, 2.45) is 5.92 Å². The first-order valence-corrected chi connectivity index (χ1v) is 12.7. The van der Waals surface area contributed by atoms with Crippen LogP contribution in [0.5, 0.6) is 0 Å². The third-order valence-corrected chi connectivity index (χ3v) is 7.23. The lowest BCUT2D eigenvalue weighted by Crippen LogP contribution is -2.39. The zero-order valence-corrected chi connectivity index (χ0v) is 20.5. The standard InChI is InChI=1S/C25H36N4O6/c1-3-4-10-20(30)28-24-17-11-12-19(29(17)27-15-26-24)25(2)23(33)22(32)18(35-25)14-34-21(31)13-16-8-6-5-7-9-16/h11-12,15-16,18,22-23,32-33H,3-10,13-14H2,1-2H3,(H,26,27,28,30)/t18-,22-,23-,25+/m1/s1. The summed E-state index contributed by atoms with van der Waals surface area (Å²) in [6.45, 7) is 3.53. The molecule has 0 radical (unpaired) electrons. The van der Waals surface area contributed by atoms with E-state index in [1.54, 1.807) is 19.1 Å². The number of hydrogen-bond acceptors (Lipinski definition) is 8. The molecule has 10 nitrogen and oxygen atoms in total. The Morgan fingerprint density at radius 2 is 2.03 bits per heavy atom. The Morgan fingerprint density at radius 1 is 1.26 bits per heavy atom. The normalized spacial score (nSPS) is 27.3. The van der Waals surface area contributed by atoms with Crippen molar-refractivity contribution in [2.75, 3.05) is 11.9 Å². The quantitative estimate of drug-likeness (QED) is 0.459. The lowest BCUT2D eigenvalue weighted by atomic mass is 9.87. The van der Waals surface area contributed by atoms with E-state index >= 15 is 0 Å². The summed E-state index contributed by atoms with van der Waals surface area (Å²) in [5.74, 6) is 0.270. The van der Waals surface area contributed by atoms with Gasteiger partial charge in [-0.15, -0.1) is 0 Å². The monoisotopic (exact) mass is 488 g/mol. The number of anilines is 1. The largest absolute Gasteiger partial charge is 0.463 e. The van der Waals surface area contributed by atoms with Crippen LogP contribution in [0.3, 0.4) is 0 Å². The van der Waals surface area contributed by atoms with E-state index in [0.717, 1.165) is 38.5 Å². The first kappa shape index (κ1) is 25.5. The molecule has 0 spiro atoms. The maximum absolute atomic E-state index is 12.3. The van der Waals surface area contributed by atoms with Gasteiger partial charge in [0, 0.05) is 12.8 Å². The molecule has 3 heterocycles. The number of ether oxygens (including phenoxy) is 2. The van der Waals surface area contributed by atoms with E-state index < -0.39 is 23.9 Å². The maximum atomic E-state index is 12.3. The zero-order valence-electron chi connectivity index (χ0n) is 20.5. The van der Waals surface area contributed by atoms with Crippen molar-refractivity contribution in [1.82, 2.24) is 14.6 Å². The van der Waals surface area contributed by atoms with Crippen LogP contribution in [0.4, 0.5) is 5.82 Å². The number of aromatic nitrogens is 3. The number of carbonyl (C=O) groups excluding carboxylic acids is 2. The molecule has 2 aliphatic rings. The summed E-state index contributed by atoms with van der Waals surface area (Å²) >= 11 is 0. The van der Waals surface area contributed by atoms with Crippen molar-refractivity contribution < 1.29 is 29.3 Å². The summed E-state index contributed by atoms with van der Waals surface area (Å²) in [5.41, 5.74) is -0.285. The molecule has 2 aromatic heterocycles. The Hall–Kier alpha value is -2.56. The third kappa shape index (κ3) is 5.49. The Bertz CT molecular complexity index is 1040. The number of nitrogens with one attached hydrogen (secondary N) is 1. The Kier molecular flexibility index (Phi) is 8.03. The number of carbonyl (C=O) groups is 2. The van der Waals surface area contributed by atoms with Crippen LogP contribution in [-0.4, -0.2) is 61.6 Å². The Balaban J connectivity index is 1.45. The van der Waals surface area contributed by atoms with E-state index in [1.807, 2.05) is 6.92 Å². The minimum atomic E-state index is -1.32. The number of aliphatic hydroxyl groups is 2. The molecule has 2 fully saturated rings. The summed E-state index contributed by atoms with van der Waals surface area (Å²) in [7, 11) is 0. The fourth-order valence-corrected chi connectivity index (χ4v) is 5.13. The van der Waals surface area contributed by atoms with Crippen LogP contribution in [0.2, 0.25) is 0 Å². The van der Waals surface area contributed by atoms with Gasteiger partial charge in [-0.2, -0.15) is 5.10 Å². The zero-order chi connectivity index (χ0) is 25.0.